The molecule has 1 aliphatic carbocycles. The quantitative estimate of drug-likeness (QED) is 0.894. The molecule has 1 saturated carbocycles. The number of nitrogens with zero attached hydrogens (tertiary/aromatic N) is 2. The SMILES string of the molecule is CC1CC(N(C)C(=O)[C@@H]2CCC[C@@H]2CN)CCN1Cc1ccccc1. The summed E-state index contributed by atoms with van der Waals surface area (Å²) in [6.45, 7) is 5.01. The molecule has 2 N–H and O–H groups in total. The maximum Gasteiger partial charge on any atom is 0.226 e. The third kappa shape index (κ3) is 4.24. The zero-order valence-corrected chi connectivity index (χ0v) is 15.7. The van der Waals surface area contributed by atoms with Gasteiger partial charge in [-0.15, -0.1) is 0 Å². The summed E-state index contributed by atoms with van der Waals surface area (Å²) in [4.78, 5) is 17.5. The van der Waals surface area contributed by atoms with Crippen molar-refractivity contribution in [3.8, 4) is 0 Å². The van der Waals surface area contributed by atoms with Gasteiger partial charge in [0.2, 0.25) is 5.91 Å². The van der Waals surface area contributed by atoms with Crippen molar-refractivity contribution in [2.45, 2.75) is 57.7 Å². The van der Waals surface area contributed by atoms with Crippen LogP contribution in [0, 0.1) is 11.8 Å². The second-order valence-corrected chi connectivity index (χ2v) is 7.97. The van der Waals surface area contributed by atoms with Crippen LogP contribution >= 0.6 is 0 Å². The van der Waals surface area contributed by atoms with Crippen LogP contribution in [0.4, 0.5) is 0 Å². The molecule has 0 aromatic heterocycles. The van der Waals surface area contributed by atoms with Gasteiger partial charge in [0.25, 0.3) is 0 Å². The molecule has 1 aromatic carbocycles. The number of amides is 1. The topological polar surface area (TPSA) is 49.6 Å². The zero-order chi connectivity index (χ0) is 17.8. The van der Waals surface area contributed by atoms with Gasteiger partial charge in [0.15, 0.2) is 0 Å². The number of hydrogen-bond donors (Lipinski definition) is 1. The van der Waals surface area contributed by atoms with Gasteiger partial charge in [0.1, 0.15) is 0 Å². The lowest BCUT2D eigenvalue weighted by Gasteiger charge is -2.42. The molecule has 0 bridgehead atoms. The molecule has 138 valence electrons. The molecule has 0 radical (unpaired) electrons. The molecule has 4 atom stereocenters. The fourth-order valence-electron chi connectivity index (χ4n) is 4.69. The van der Waals surface area contributed by atoms with E-state index in [0.717, 1.165) is 45.2 Å². The highest BCUT2D eigenvalue weighted by atomic mass is 16.2. The van der Waals surface area contributed by atoms with Crippen LogP contribution in [0.5, 0.6) is 0 Å². The number of nitrogens with two attached hydrogens (primary N) is 1. The van der Waals surface area contributed by atoms with Gasteiger partial charge >= 0.3 is 0 Å². The van der Waals surface area contributed by atoms with E-state index >= 15 is 0 Å². The Kier molecular flexibility index (Phi) is 6.13. The van der Waals surface area contributed by atoms with Crippen molar-refractivity contribution in [2.24, 2.45) is 17.6 Å². The van der Waals surface area contributed by atoms with Gasteiger partial charge in [-0.3, -0.25) is 9.69 Å². The molecular formula is C21H33N3O. The van der Waals surface area contributed by atoms with Gasteiger partial charge in [-0.1, -0.05) is 36.8 Å². The summed E-state index contributed by atoms with van der Waals surface area (Å²) in [5.41, 5.74) is 7.25. The van der Waals surface area contributed by atoms with E-state index in [1.54, 1.807) is 0 Å². The molecule has 1 heterocycles. The van der Waals surface area contributed by atoms with Crippen molar-refractivity contribution in [3.63, 3.8) is 0 Å². The predicted octanol–water partition coefficient (Wildman–Crippen LogP) is 2.87. The van der Waals surface area contributed by atoms with Crippen molar-refractivity contribution in [2.75, 3.05) is 20.1 Å². The van der Waals surface area contributed by atoms with Crippen molar-refractivity contribution in [1.82, 2.24) is 9.80 Å². The molecular weight excluding hydrogens is 310 g/mol. The highest BCUT2D eigenvalue weighted by Gasteiger charge is 2.37. The summed E-state index contributed by atoms with van der Waals surface area (Å²) >= 11 is 0. The Morgan fingerprint density at radius 3 is 2.68 bits per heavy atom. The fourth-order valence-corrected chi connectivity index (χ4v) is 4.69. The number of piperidine rings is 1. The lowest BCUT2D eigenvalue weighted by molar-refractivity contribution is -0.138. The minimum atomic E-state index is 0.160. The van der Waals surface area contributed by atoms with Crippen LogP contribution in [-0.4, -0.2) is 47.9 Å². The molecule has 2 aliphatic rings. The van der Waals surface area contributed by atoms with Crippen molar-refractivity contribution < 1.29 is 4.79 Å². The Morgan fingerprint density at radius 2 is 2.00 bits per heavy atom. The average molecular weight is 344 g/mol. The molecule has 3 rings (SSSR count). The fraction of sp³-hybridized carbons (Fsp3) is 0.667. The molecule has 4 nitrogen and oxygen atoms in total. The molecule has 1 aliphatic heterocycles. The Bertz CT molecular complexity index is 562. The molecule has 4 heteroatoms. The summed E-state index contributed by atoms with van der Waals surface area (Å²) in [6.07, 6.45) is 5.42. The summed E-state index contributed by atoms with van der Waals surface area (Å²) in [5, 5.41) is 0. The van der Waals surface area contributed by atoms with E-state index in [0.29, 0.717) is 30.5 Å². The molecule has 1 amide bonds. The smallest absolute Gasteiger partial charge is 0.226 e. The van der Waals surface area contributed by atoms with E-state index in [1.807, 2.05) is 7.05 Å². The second-order valence-electron chi connectivity index (χ2n) is 7.97. The predicted molar refractivity (Wildman–Crippen MR) is 102 cm³/mol. The van der Waals surface area contributed by atoms with E-state index in [1.165, 1.54) is 5.56 Å². The lowest BCUT2D eigenvalue weighted by atomic mass is 9.91. The first-order chi connectivity index (χ1) is 12.1. The van der Waals surface area contributed by atoms with Gasteiger partial charge in [-0.2, -0.15) is 0 Å². The normalized spacial score (nSPS) is 30.4. The van der Waals surface area contributed by atoms with Crippen LogP contribution < -0.4 is 5.73 Å². The number of hydrogen-bond acceptors (Lipinski definition) is 3. The van der Waals surface area contributed by atoms with E-state index in [9.17, 15) is 4.79 Å². The third-order valence-corrected chi connectivity index (χ3v) is 6.39. The van der Waals surface area contributed by atoms with Crippen LogP contribution in [0.1, 0.15) is 44.6 Å². The van der Waals surface area contributed by atoms with Crippen LogP contribution in [0.15, 0.2) is 30.3 Å². The molecule has 1 saturated heterocycles. The van der Waals surface area contributed by atoms with Gasteiger partial charge in [-0.05, 0) is 50.6 Å². The van der Waals surface area contributed by atoms with E-state index in [-0.39, 0.29) is 5.92 Å². The lowest BCUT2D eigenvalue weighted by Crippen LogP contribution is -2.50. The Balaban J connectivity index is 1.55. The largest absolute Gasteiger partial charge is 0.342 e. The zero-order valence-electron chi connectivity index (χ0n) is 15.7. The Hall–Kier alpha value is -1.39. The van der Waals surface area contributed by atoms with Gasteiger partial charge in [-0.25, -0.2) is 0 Å². The minimum absolute atomic E-state index is 0.160. The van der Waals surface area contributed by atoms with Crippen LogP contribution in [0.3, 0.4) is 0 Å². The number of likely N-dealkylation sites (tertiary alicyclic amines) is 1. The van der Waals surface area contributed by atoms with Gasteiger partial charge in [0.05, 0.1) is 0 Å². The first-order valence-electron chi connectivity index (χ1n) is 9.85. The average Bonchev–Trinajstić information content (AvgIpc) is 3.12. The second kappa shape index (κ2) is 8.33. The monoisotopic (exact) mass is 343 g/mol. The van der Waals surface area contributed by atoms with Crippen molar-refractivity contribution in [3.05, 3.63) is 35.9 Å². The number of carbonyl (C=O) groups excluding carboxylic acids is 1. The summed E-state index contributed by atoms with van der Waals surface area (Å²) < 4.78 is 0. The minimum Gasteiger partial charge on any atom is -0.342 e. The Morgan fingerprint density at radius 1 is 1.24 bits per heavy atom. The van der Waals surface area contributed by atoms with Gasteiger partial charge in [0, 0.05) is 38.1 Å². The van der Waals surface area contributed by atoms with Crippen LogP contribution in [0.25, 0.3) is 0 Å². The number of benzene rings is 1. The van der Waals surface area contributed by atoms with Crippen molar-refractivity contribution in [1.29, 1.82) is 0 Å². The summed E-state index contributed by atoms with van der Waals surface area (Å²) in [7, 11) is 2.01. The van der Waals surface area contributed by atoms with E-state index in [4.69, 9.17) is 5.73 Å². The van der Waals surface area contributed by atoms with E-state index in [2.05, 4.69) is 47.1 Å². The number of carbonyl (C=O) groups is 1. The molecule has 2 unspecified atom stereocenters. The summed E-state index contributed by atoms with van der Waals surface area (Å²) in [6, 6.07) is 11.5. The van der Waals surface area contributed by atoms with E-state index < -0.39 is 0 Å². The third-order valence-electron chi connectivity index (χ3n) is 6.39. The molecule has 25 heavy (non-hydrogen) atoms. The van der Waals surface area contributed by atoms with Crippen molar-refractivity contribution >= 4 is 5.91 Å². The van der Waals surface area contributed by atoms with Gasteiger partial charge < -0.3 is 10.6 Å². The Labute approximate surface area is 152 Å². The maximum absolute atomic E-state index is 12.9. The first-order valence-corrected chi connectivity index (χ1v) is 9.85. The van der Waals surface area contributed by atoms with Crippen LogP contribution in [0.2, 0.25) is 0 Å². The number of rotatable bonds is 5. The standard InChI is InChI=1S/C21H33N3O/c1-16-13-19(11-12-24(16)15-17-7-4-3-5-8-17)23(2)21(25)20-10-6-9-18(20)14-22/h3-5,7-8,16,18-20H,6,9-15,22H2,1-2H3/t16?,18-,19?,20-/m1/s1. The molecule has 0 spiro atoms. The molecule has 1 aromatic rings. The highest BCUT2D eigenvalue weighted by Crippen LogP contribution is 2.33. The maximum atomic E-state index is 12.9. The summed E-state index contributed by atoms with van der Waals surface area (Å²) in [5.74, 6) is 0.889. The highest BCUT2D eigenvalue weighted by molar-refractivity contribution is 5.79. The first kappa shape index (κ1) is 18.4. The van der Waals surface area contributed by atoms with Crippen LogP contribution in [-0.2, 0) is 11.3 Å². The molecule has 2 fully saturated rings.